The van der Waals surface area contributed by atoms with E-state index in [9.17, 15) is 13.2 Å². The van der Waals surface area contributed by atoms with E-state index in [1.165, 1.54) is 6.26 Å². The van der Waals surface area contributed by atoms with Crippen molar-refractivity contribution >= 4 is 40.0 Å². The molecule has 1 aromatic heterocycles. The van der Waals surface area contributed by atoms with E-state index in [-0.39, 0.29) is 0 Å². The largest absolute Gasteiger partial charge is 0.329 e. The molecule has 2 N–H and O–H groups in total. The van der Waals surface area contributed by atoms with Gasteiger partial charge in [-0.25, -0.2) is 13.4 Å². The van der Waals surface area contributed by atoms with Crippen LogP contribution in [0, 0.1) is 26.2 Å². The second-order valence-electron chi connectivity index (χ2n) is 6.11. The van der Waals surface area contributed by atoms with Crippen LogP contribution >= 0.6 is 11.3 Å². The number of aromatic nitrogens is 1. The van der Waals surface area contributed by atoms with Gasteiger partial charge in [0.05, 0.1) is 15.6 Å². The molecule has 33 heavy (non-hydrogen) atoms. The van der Waals surface area contributed by atoms with E-state index < -0.39 is 9.84 Å². The number of nitrogens with one attached hydrogen (secondary N) is 2. The average Bonchev–Trinajstić information content (AvgIpc) is 3.26. The van der Waals surface area contributed by atoms with Gasteiger partial charge in [-0.3, -0.25) is 4.79 Å². The predicted molar refractivity (Wildman–Crippen MR) is 143 cm³/mol. The van der Waals surface area contributed by atoms with Gasteiger partial charge in [-0.05, 0) is 62.9 Å². The molecule has 6 nitrogen and oxygen atoms in total. The molecule has 3 aromatic rings. The fourth-order valence-corrected chi connectivity index (χ4v) is 3.61. The summed E-state index contributed by atoms with van der Waals surface area (Å²) < 4.78 is 22.2. The molecule has 0 aliphatic rings. The molecule has 1 amide bonds. The van der Waals surface area contributed by atoms with Crippen molar-refractivity contribution in [3.63, 3.8) is 0 Å². The molecule has 3 rings (SSSR count). The van der Waals surface area contributed by atoms with Crippen LogP contribution in [0.15, 0.2) is 65.9 Å². The van der Waals surface area contributed by atoms with E-state index in [2.05, 4.69) is 30.2 Å². The molecule has 0 atom stereocenters. The van der Waals surface area contributed by atoms with E-state index in [1.807, 2.05) is 70.3 Å². The molecule has 0 radical (unpaired) electrons. The van der Waals surface area contributed by atoms with E-state index in [1.54, 1.807) is 23.5 Å². The number of sulfone groups is 1. The van der Waals surface area contributed by atoms with Gasteiger partial charge in [0, 0.05) is 22.9 Å². The van der Waals surface area contributed by atoms with Crippen LogP contribution in [0.5, 0.6) is 0 Å². The quantitative estimate of drug-likeness (QED) is 0.248. The number of aryl methyl sites for hydroxylation is 3. The first-order valence-corrected chi connectivity index (χ1v) is 12.8. The maximum atomic E-state index is 11.1. The summed E-state index contributed by atoms with van der Waals surface area (Å²) in [5.74, 6) is 0. The van der Waals surface area contributed by atoms with Crippen molar-refractivity contribution in [1.82, 2.24) is 4.98 Å². The van der Waals surface area contributed by atoms with E-state index in [4.69, 9.17) is 5.41 Å². The van der Waals surface area contributed by atoms with E-state index in [0.717, 1.165) is 33.1 Å². The summed E-state index contributed by atoms with van der Waals surface area (Å²) in [6.07, 6.45) is 1.89. The van der Waals surface area contributed by atoms with Crippen LogP contribution in [0.1, 0.15) is 30.0 Å². The van der Waals surface area contributed by atoms with E-state index >= 15 is 0 Å². The third-order valence-corrected chi connectivity index (χ3v) is 5.79. The number of hydrogen-bond acceptors (Lipinski definition) is 6. The monoisotopic (exact) mass is 489 g/mol. The Morgan fingerprint density at radius 1 is 1.00 bits per heavy atom. The van der Waals surface area contributed by atoms with Crippen molar-refractivity contribution in [1.29, 1.82) is 5.41 Å². The number of anilines is 1. The molecule has 0 saturated heterocycles. The van der Waals surface area contributed by atoms with Gasteiger partial charge in [0.2, 0.25) is 6.41 Å². The number of carbonyl (C=O) groups excluding carboxylic acids is 1. The molecule has 0 spiro atoms. The van der Waals surface area contributed by atoms with Crippen LogP contribution in [0.3, 0.4) is 0 Å². The van der Waals surface area contributed by atoms with Crippen molar-refractivity contribution in [2.75, 3.05) is 11.6 Å². The molecule has 0 unspecified atom stereocenters. The fraction of sp³-hybridized carbons (Fsp3) is 0.240. The van der Waals surface area contributed by atoms with Crippen molar-refractivity contribution in [3.8, 4) is 11.3 Å². The van der Waals surface area contributed by atoms with Crippen LogP contribution in [0.2, 0.25) is 0 Å². The summed E-state index contributed by atoms with van der Waals surface area (Å²) in [6, 6.07) is 12.8. The van der Waals surface area contributed by atoms with Crippen molar-refractivity contribution in [2.24, 2.45) is 0 Å². The van der Waals surface area contributed by atoms with Crippen LogP contribution < -0.4 is 5.32 Å². The molecule has 0 aliphatic carbocycles. The number of carbonyl (C=O) groups is 1. The lowest BCUT2D eigenvalue weighted by Crippen LogP contribution is -1.97. The highest BCUT2D eigenvalue weighted by atomic mass is 32.2. The molecule has 2 aromatic carbocycles. The van der Waals surface area contributed by atoms with Gasteiger partial charge in [0.1, 0.15) is 0 Å². The standard InChI is InChI=1S/C11H10N2OS.C9H12O2S.C2H6.C2H4.CH3N/c1-8-13-11(6-15-8)9-3-2-4-10(5-9)12-7-14;1-7-4-5-9(6-8(7)2)12(3,10)11;3*1-2/h2-7H,1H3,(H,12,14);4-6H,1-3H3;1-2H3;1-2H2;2H,1H2. The number of rotatable bonds is 4. The number of thiazole rings is 1. The molecular formula is C25H35N3O3S2. The second kappa shape index (κ2) is 17.5. The Hall–Kier alpha value is -3.10. The smallest absolute Gasteiger partial charge is 0.211 e. The fourth-order valence-electron chi connectivity index (χ4n) is 2.28. The van der Waals surface area contributed by atoms with Gasteiger partial charge >= 0.3 is 0 Å². The van der Waals surface area contributed by atoms with Crippen molar-refractivity contribution < 1.29 is 13.2 Å². The van der Waals surface area contributed by atoms with Gasteiger partial charge in [-0.1, -0.05) is 32.0 Å². The van der Waals surface area contributed by atoms with Gasteiger partial charge in [0.25, 0.3) is 0 Å². The van der Waals surface area contributed by atoms with Crippen LogP contribution in [0.25, 0.3) is 11.3 Å². The second-order valence-corrected chi connectivity index (χ2v) is 9.19. The predicted octanol–water partition coefficient (Wildman–Crippen LogP) is 6.49. The zero-order valence-electron chi connectivity index (χ0n) is 20.3. The highest BCUT2D eigenvalue weighted by Gasteiger charge is 2.06. The molecule has 0 aliphatic heterocycles. The summed E-state index contributed by atoms with van der Waals surface area (Å²) in [5.41, 5.74) is 4.88. The minimum atomic E-state index is -3.04. The van der Waals surface area contributed by atoms with Crippen molar-refractivity contribution in [2.45, 2.75) is 39.5 Å². The molecule has 1 heterocycles. The summed E-state index contributed by atoms with van der Waals surface area (Å²) in [7, 11) is -3.04. The maximum Gasteiger partial charge on any atom is 0.211 e. The Kier molecular flexibility index (Phi) is 17.0. The first-order valence-electron chi connectivity index (χ1n) is 10.1. The summed E-state index contributed by atoms with van der Waals surface area (Å²) in [5, 5.41) is 11.2. The summed E-state index contributed by atoms with van der Waals surface area (Å²) >= 11 is 1.62. The topological polar surface area (TPSA) is 100.0 Å². The Labute approximate surface area is 202 Å². The zero-order chi connectivity index (χ0) is 26.0. The molecule has 0 saturated carbocycles. The van der Waals surface area contributed by atoms with Gasteiger partial charge < -0.3 is 10.7 Å². The lowest BCUT2D eigenvalue weighted by Gasteiger charge is -2.02. The van der Waals surface area contributed by atoms with Crippen LogP contribution in [0.4, 0.5) is 5.69 Å². The third kappa shape index (κ3) is 11.9. The molecular weight excluding hydrogens is 454 g/mol. The first-order chi connectivity index (χ1) is 15.7. The number of nitrogens with zero attached hydrogens (tertiary/aromatic N) is 1. The zero-order valence-corrected chi connectivity index (χ0v) is 21.9. The Bertz CT molecular complexity index is 1080. The number of amides is 1. The van der Waals surface area contributed by atoms with Gasteiger partial charge in [0.15, 0.2) is 9.84 Å². The Morgan fingerprint density at radius 3 is 2.06 bits per heavy atom. The molecule has 0 fully saturated rings. The molecule has 0 bridgehead atoms. The average molecular weight is 490 g/mol. The Balaban J connectivity index is 0. The minimum Gasteiger partial charge on any atom is -0.329 e. The van der Waals surface area contributed by atoms with E-state index in [0.29, 0.717) is 11.3 Å². The summed E-state index contributed by atoms with van der Waals surface area (Å²) in [6.45, 7) is 18.3. The normalized spacial score (nSPS) is 9.15. The van der Waals surface area contributed by atoms with Gasteiger partial charge in [-0.2, -0.15) is 0 Å². The van der Waals surface area contributed by atoms with Crippen molar-refractivity contribution in [3.05, 3.63) is 77.1 Å². The van der Waals surface area contributed by atoms with Crippen LogP contribution in [-0.2, 0) is 14.6 Å². The van der Waals surface area contributed by atoms with Gasteiger partial charge in [-0.15, -0.1) is 24.5 Å². The SMILES string of the molecule is C=C.C=N.CC.Cc1ccc(S(C)(=O)=O)cc1C.Cc1nc(-c2cccc(NC=O)c2)cs1. The third-order valence-electron chi connectivity index (χ3n) is 3.91. The highest BCUT2D eigenvalue weighted by molar-refractivity contribution is 7.90. The first kappa shape index (κ1) is 32.1. The van der Waals surface area contributed by atoms with Crippen LogP contribution in [-0.4, -0.2) is 32.8 Å². The number of benzene rings is 2. The molecule has 8 heteroatoms. The summed E-state index contributed by atoms with van der Waals surface area (Å²) in [4.78, 5) is 15.1. The molecule has 180 valence electrons. The highest BCUT2D eigenvalue weighted by Crippen LogP contribution is 2.23. The lowest BCUT2D eigenvalue weighted by atomic mass is 10.1. The Morgan fingerprint density at radius 2 is 1.61 bits per heavy atom. The number of hydrogen-bond donors (Lipinski definition) is 2. The minimum absolute atomic E-state index is 0.394. The maximum absolute atomic E-state index is 11.1. The lowest BCUT2D eigenvalue weighted by molar-refractivity contribution is -0.105.